The number of ketones is 3. The molecule has 19 nitrogen and oxygen atoms in total. The number of carbonyl (C=O) groups is 5. The highest BCUT2D eigenvalue weighted by Crippen LogP contribution is 2.43. The van der Waals surface area contributed by atoms with E-state index in [9.17, 15) is 42.8 Å². The molecule has 1 aliphatic rings. The van der Waals surface area contributed by atoms with Crippen LogP contribution in [0, 0.1) is 37.0 Å². The lowest BCUT2D eigenvalue weighted by molar-refractivity contribution is -0.142. The smallest absolute Gasteiger partial charge is 0.274 e. The molecule has 0 spiro atoms. The molecule has 5 rings (SSSR count). The van der Waals surface area contributed by atoms with Gasteiger partial charge in [0.1, 0.15) is 36.5 Å². The molecule has 9 N–H and O–H groups in total. The second-order valence-electron chi connectivity index (χ2n) is 18.5. The number of nitrogens with one attached hydrogen (secondary N) is 2. The average molecular weight is 982 g/mol. The van der Waals surface area contributed by atoms with E-state index in [2.05, 4.69) is 40.8 Å². The second-order valence-corrected chi connectivity index (χ2v) is 19.8. The fraction of sp³-hybridized carbons (Fsp3) is 0.440. The summed E-state index contributed by atoms with van der Waals surface area (Å²) in [5.41, 5.74) is 15.1. The van der Waals surface area contributed by atoms with Gasteiger partial charge in [0.2, 0.25) is 11.8 Å². The molecule has 0 aliphatic carbocycles. The van der Waals surface area contributed by atoms with Gasteiger partial charge in [-0.2, -0.15) is 13.7 Å². The maximum Gasteiger partial charge on any atom is 0.274 e. The molecule has 2 amide bonds. The summed E-state index contributed by atoms with van der Waals surface area (Å²) in [7, 11) is -3.09. The summed E-state index contributed by atoms with van der Waals surface area (Å²) in [4.78, 5) is 81.9. The summed E-state index contributed by atoms with van der Waals surface area (Å²) in [6.07, 6.45) is -1.48. The van der Waals surface area contributed by atoms with Crippen LogP contribution in [0.1, 0.15) is 97.9 Å². The predicted octanol–water partition coefficient (Wildman–Crippen LogP) is 3.80. The summed E-state index contributed by atoms with van der Waals surface area (Å²) >= 11 is 0. The quantitative estimate of drug-likeness (QED) is 0.0773. The molecule has 0 fully saturated rings. The lowest BCUT2D eigenvalue weighted by atomic mass is 9.86. The highest BCUT2D eigenvalue weighted by Gasteiger charge is 2.37. The van der Waals surface area contributed by atoms with Crippen molar-refractivity contribution in [1.29, 1.82) is 5.26 Å². The fourth-order valence-corrected chi connectivity index (χ4v) is 8.79. The molecule has 4 aromatic rings. The van der Waals surface area contributed by atoms with Gasteiger partial charge in [-0.1, -0.05) is 58.0 Å². The zero-order chi connectivity index (χ0) is 51.7. The van der Waals surface area contributed by atoms with Crippen LogP contribution in [-0.4, -0.2) is 103 Å². The summed E-state index contributed by atoms with van der Waals surface area (Å²) < 4.78 is 38.7. The molecule has 2 heterocycles. The van der Waals surface area contributed by atoms with Gasteiger partial charge in [-0.05, 0) is 54.2 Å². The predicted molar refractivity (Wildman–Crippen MR) is 262 cm³/mol. The van der Waals surface area contributed by atoms with E-state index < -0.39 is 82.7 Å². The molecule has 20 heteroatoms. The second kappa shape index (κ2) is 23.3. The molecule has 374 valence electrons. The highest BCUT2D eigenvalue weighted by atomic mass is 32.2. The van der Waals surface area contributed by atoms with Crippen LogP contribution in [0.2, 0.25) is 0 Å². The summed E-state index contributed by atoms with van der Waals surface area (Å²) in [6.45, 7) is 10.7. The largest absolute Gasteiger partial charge is 0.507 e. The van der Waals surface area contributed by atoms with Crippen molar-refractivity contribution in [1.82, 2.24) is 24.9 Å². The number of aromatic hydroxyl groups is 1. The highest BCUT2D eigenvalue weighted by molar-refractivity contribution is 7.87. The monoisotopic (exact) mass is 981 g/mol. The number of hydrogen-bond acceptors (Lipinski definition) is 15. The van der Waals surface area contributed by atoms with E-state index in [-0.39, 0.29) is 90.5 Å². The number of fused-ring (bicyclic) bond motifs is 5. The van der Waals surface area contributed by atoms with Crippen LogP contribution in [0.5, 0.6) is 17.2 Å². The SMILES string of the molecule is Cc1nc(-c2ccc(C(C)(C)C)cc2)nc(C)c1C(=O)C[C@@H](CNS(N)(=O)=O)C(=O)N(C)[C@@H]1C(=O)C[C@@H](C)C(=O)N[C@H](C(=O)CCC#N)Cc2cc(c(O)cc2OCCN)-c2cc1ccc2OCCN. The number of nitrogens with zero attached hydrogens (tertiary/aromatic N) is 4. The van der Waals surface area contributed by atoms with Gasteiger partial charge in [0.05, 0.1) is 35.0 Å². The van der Waals surface area contributed by atoms with Gasteiger partial charge in [-0.25, -0.2) is 19.8 Å². The average Bonchev–Trinajstić information content (AvgIpc) is 3.29. The number of phenols is 1. The van der Waals surface area contributed by atoms with E-state index in [0.717, 1.165) is 16.0 Å². The van der Waals surface area contributed by atoms with Crippen LogP contribution >= 0.6 is 0 Å². The third kappa shape index (κ3) is 13.6. The number of ether oxygens (including phenoxy) is 2. The van der Waals surface area contributed by atoms with Crippen LogP contribution in [0.15, 0.2) is 54.6 Å². The Hall–Kier alpha value is -6.63. The van der Waals surface area contributed by atoms with Crippen molar-refractivity contribution in [3.63, 3.8) is 0 Å². The van der Waals surface area contributed by atoms with E-state index in [0.29, 0.717) is 22.8 Å². The first-order valence-corrected chi connectivity index (χ1v) is 24.4. The number of likely N-dealkylation sites (N-methyl/N-ethyl adjacent to an activating group) is 1. The van der Waals surface area contributed by atoms with Crippen molar-refractivity contribution in [3.8, 4) is 45.8 Å². The van der Waals surface area contributed by atoms with E-state index in [1.54, 1.807) is 19.9 Å². The van der Waals surface area contributed by atoms with Gasteiger partial charge < -0.3 is 36.3 Å². The molecule has 4 bridgehead atoms. The summed E-state index contributed by atoms with van der Waals surface area (Å²) in [6, 6.07) is 14.5. The number of nitrogens with two attached hydrogens (primary N) is 3. The fourth-order valence-electron chi connectivity index (χ4n) is 8.35. The van der Waals surface area contributed by atoms with Gasteiger partial charge in [0.25, 0.3) is 10.2 Å². The lowest BCUT2D eigenvalue weighted by Gasteiger charge is -2.32. The summed E-state index contributed by atoms with van der Waals surface area (Å²) in [5, 5.41) is 29.0. The molecule has 1 aromatic heterocycles. The molecule has 4 atom stereocenters. The van der Waals surface area contributed by atoms with Gasteiger partial charge >= 0.3 is 0 Å². The Morgan fingerprint density at radius 2 is 1.59 bits per heavy atom. The van der Waals surface area contributed by atoms with Gasteiger partial charge in [-0.15, -0.1) is 0 Å². The number of rotatable bonds is 18. The van der Waals surface area contributed by atoms with Crippen LogP contribution in [0.25, 0.3) is 22.5 Å². The minimum absolute atomic E-state index is 0.0399. The van der Waals surface area contributed by atoms with Gasteiger partial charge in [-0.3, -0.25) is 24.0 Å². The van der Waals surface area contributed by atoms with Crippen molar-refractivity contribution in [2.75, 3.05) is 39.9 Å². The van der Waals surface area contributed by atoms with Crippen LogP contribution in [-0.2, 0) is 41.2 Å². The molecule has 1 aliphatic heterocycles. The van der Waals surface area contributed by atoms with Crippen molar-refractivity contribution >= 4 is 39.4 Å². The molecule has 0 unspecified atom stereocenters. The molecule has 0 radical (unpaired) electrons. The topological polar surface area (TPSA) is 313 Å². The van der Waals surface area contributed by atoms with Crippen LogP contribution in [0.3, 0.4) is 0 Å². The van der Waals surface area contributed by atoms with Crippen molar-refractivity contribution in [2.24, 2.45) is 28.4 Å². The first-order chi connectivity index (χ1) is 33.0. The number of aryl methyl sites for hydroxylation is 2. The molecule has 70 heavy (non-hydrogen) atoms. The minimum Gasteiger partial charge on any atom is -0.507 e. The Labute approximate surface area is 408 Å². The Morgan fingerprint density at radius 3 is 2.17 bits per heavy atom. The zero-order valence-corrected chi connectivity index (χ0v) is 41.4. The van der Waals surface area contributed by atoms with E-state index >= 15 is 0 Å². The molecular formula is C50H63N9O10S. The van der Waals surface area contributed by atoms with E-state index in [4.69, 9.17) is 26.1 Å². The maximum atomic E-state index is 14.9. The Bertz CT molecular complexity index is 2750. The standard InChI is InChI=1S/C50H63N9O10S/c1-28-21-42(63)46(59(7)49(65)34(27-55-70(54,66)67)25-41(62)45-29(2)56-47(57-30(45)3)31-10-13-35(14-11-31)50(4,5)6)32-12-15-43(68-19-17-52)37(22-32)36-23-33(44(26-40(36)61)69-20-18-53)24-38(58-48(28)64)39(60)9-8-16-51/h10-15,22-23,26,28,34,38,46,55,61H,8-9,17-21,24-25,27,52-53H2,1-7H3,(H,58,64)(H2,54,66,67)/t28-,34+,38+,46+/m1/s1. The third-order valence-electron chi connectivity index (χ3n) is 12.0. The van der Waals surface area contributed by atoms with Crippen molar-refractivity contribution < 1.29 is 47.0 Å². The molecular weight excluding hydrogens is 919 g/mol. The van der Waals surface area contributed by atoms with E-state index in [1.165, 1.54) is 38.2 Å². The number of nitriles is 1. The van der Waals surface area contributed by atoms with E-state index in [1.807, 2.05) is 30.3 Å². The summed E-state index contributed by atoms with van der Waals surface area (Å²) in [5.74, 6) is -5.25. The number of phenolic OH excluding ortho intramolecular Hbond substituents is 1. The third-order valence-corrected chi connectivity index (χ3v) is 12.6. The number of aromatic nitrogens is 2. The Morgan fingerprint density at radius 1 is 0.957 bits per heavy atom. The van der Waals surface area contributed by atoms with Crippen LogP contribution in [0.4, 0.5) is 0 Å². The number of amides is 2. The Kier molecular flexibility index (Phi) is 18.1. The van der Waals surface area contributed by atoms with Crippen molar-refractivity contribution in [3.05, 3.63) is 88.2 Å². The molecule has 0 saturated heterocycles. The maximum absolute atomic E-state index is 14.9. The number of carbonyl (C=O) groups excluding carboxylic acids is 5. The first kappa shape index (κ1) is 54.3. The van der Waals surface area contributed by atoms with Crippen LogP contribution < -0.4 is 36.1 Å². The number of Topliss-reactive ketones (excluding diaryl/α,β-unsaturated/α-hetero) is 3. The van der Waals surface area contributed by atoms with Gasteiger partial charge in [0, 0.05) is 87.5 Å². The lowest BCUT2D eigenvalue weighted by Crippen LogP contribution is -2.47. The minimum atomic E-state index is -4.41. The zero-order valence-electron chi connectivity index (χ0n) is 40.6. The number of hydrogen-bond donors (Lipinski definition) is 6. The molecule has 3 aromatic carbocycles. The first-order valence-electron chi connectivity index (χ1n) is 22.9. The van der Waals surface area contributed by atoms with Crippen molar-refractivity contribution in [2.45, 2.75) is 91.1 Å². The van der Waals surface area contributed by atoms with Gasteiger partial charge in [0.15, 0.2) is 23.2 Å². The normalized spacial score (nSPS) is 16.8. The number of benzene rings is 3. The molecule has 0 saturated carbocycles. The Balaban J connectivity index is 1.62.